The number of hydrogen-bond acceptors (Lipinski definition) is 3. The Hall–Kier alpha value is -0.120. The van der Waals surface area contributed by atoms with Crippen molar-refractivity contribution >= 4 is 0 Å². The molecule has 3 heteroatoms. The van der Waals surface area contributed by atoms with Crippen LogP contribution in [0.2, 0.25) is 0 Å². The third kappa shape index (κ3) is 4.07. The minimum atomic E-state index is 0.642. The predicted octanol–water partition coefficient (Wildman–Crippen LogP) is 0.563. The fourth-order valence-corrected chi connectivity index (χ4v) is 1.96. The summed E-state index contributed by atoms with van der Waals surface area (Å²) >= 11 is 0. The van der Waals surface area contributed by atoms with Gasteiger partial charge < -0.3 is 15.0 Å². The molecule has 13 heavy (non-hydrogen) atoms. The number of nitrogens with zero attached hydrogens (tertiary/aromatic N) is 1. The topological polar surface area (TPSA) is 24.5 Å². The summed E-state index contributed by atoms with van der Waals surface area (Å²) in [6.07, 6.45) is 0. The average molecular weight is 186 g/mol. The van der Waals surface area contributed by atoms with Gasteiger partial charge >= 0.3 is 0 Å². The number of hydrogen-bond donors (Lipinski definition) is 1. The first-order chi connectivity index (χ1) is 6.22. The van der Waals surface area contributed by atoms with Crippen LogP contribution in [0.5, 0.6) is 0 Å². The number of piperazine rings is 1. The molecule has 78 valence electrons. The Morgan fingerprint density at radius 2 is 2.38 bits per heavy atom. The molecular formula is C10H22N2O. The van der Waals surface area contributed by atoms with E-state index >= 15 is 0 Å². The highest BCUT2D eigenvalue weighted by molar-refractivity contribution is 4.75. The maximum absolute atomic E-state index is 5.13. The molecule has 0 saturated carbocycles. The molecule has 1 rings (SSSR count). The van der Waals surface area contributed by atoms with Crippen LogP contribution < -0.4 is 5.32 Å². The molecule has 0 radical (unpaired) electrons. The average Bonchev–Trinajstić information content (AvgIpc) is 2.04. The molecule has 0 spiro atoms. The first-order valence-corrected chi connectivity index (χ1v) is 5.17. The molecule has 0 aromatic rings. The van der Waals surface area contributed by atoms with Gasteiger partial charge in [-0.15, -0.1) is 0 Å². The Morgan fingerprint density at radius 3 is 3.00 bits per heavy atom. The summed E-state index contributed by atoms with van der Waals surface area (Å²) in [5.41, 5.74) is 0. The molecule has 2 atom stereocenters. The van der Waals surface area contributed by atoms with Crippen molar-refractivity contribution in [2.45, 2.75) is 19.9 Å². The largest absolute Gasteiger partial charge is 0.384 e. The second-order valence-electron chi connectivity index (χ2n) is 4.18. The Kier molecular flexibility index (Phi) is 4.70. The van der Waals surface area contributed by atoms with Crippen LogP contribution in [0.15, 0.2) is 0 Å². The van der Waals surface area contributed by atoms with Crippen LogP contribution >= 0.6 is 0 Å². The van der Waals surface area contributed by atoms with Crippen LogP contribution in [0, 0.1) is 5.92 Å². The number of methoxy groups -OCH3 is 1. The molecule has 1 aliphatic heterocycles. The van der Waals surface area contributed by atoms with Crippen molar-refractivity contribution in [1.82, 2.24) is 10.2 Å². The van der Waals surface area contributed by atoms with Crippen molar-refractivity contribution in [2.24, 2.45) is 5.92 Å². The molecule has 1 N–H and O–H groups in total. The molecular weight excluding hydrogens is 164 g/mol. The van der Waals surface area contributed by atoms with Crippen molar-refractivity contribution in [2.75, 3.05) is 39.9 Å². The molecule has 3 nitrogen and oxygen atoms in total. The normalized spacial score (nSPS) is 27.5. The van der Waals surface area contributed by atoms with Crippen molar-refractivity contribution in [3.8, 4) is 0 Å². The summed E-state index contributed by atoms with van der Waals surface area (Å²) < 4.78 is 5.13. The third-order valence-corrected chi connectivity index (χ3v) is 2.47. The minimum absolute atomic E-state index is 0.642. The van der Waals surface area contributed by atoms with Gasteiger partial charge in [0.1, 0.15) is 0 Å². The van der Waals surface area contributed by atoms with Crippen LogP contribution in [-0.2, 0) is 4.74 Å². The highest BCUT2D eigenvalue weighted by Gasteiger charge is 2.16. The quantitative estimate of drug-likeness (QED) is 0.694. The Labute approximate surface area is 81.4 Å². The molecule has 0 aromatic heterocycles. The van der Waals surface area contributed by atoms with Crippen LogP contribution in [0.25, 0.3) is 0 Å². The first-order valence-electron chi connectivity index (χ1n) is 5.17. The summed E-state index contributed by atoms with van der Waals surface area (Å²) in [5.74, 6) is 0.648. The Bertz CT molecular complexity index is 141. The fourth-order valence-electron chi connectivity index (χ4n) is 1.96. The molecule has 1 fully saturated rings. The third-order valence-electron chi connectivity index (χ3n) is 2.47. The lowest BCUT2D eigenvalue weighted by molar-refractivity contribution is 0.116. The molecule has 0 aromatic carbocycles. The lowest BCUT2D eigenvalue weighted by Crippen LogP contribution is -2.50. The summed E-state index contributed by atoms with van der Waals surface area (Å²) in [5, 5.41) is 3.44. The summed E-state index contributed by atoms with van der Waals surface area (Å²) in [4.78, 5) is 2.52. The van der Waals surface area contributed by atoms with Crippen LogP contribution in [0.4, 0.5) is 0 Å². The molecule has 0 aliphatic carbocycles. The number of rotatable bonds is 4. The van der Waals surface area contributed by atoms with Crippen LogP contribution in [-0.4, -0.2) is 50.8 Å². The molecule has 1 heterocycles. The number of nitrogens with one attached hydrogen (secondary N) is 1. The molecule has 1 saturated heterocycles. The van der Waals surface area contributed by atoms with Gasteiger partial charge in [0, 0.05) is 45.9 Å². The zero-order valence-electron chi connectivity index (χ0n) is 9.05. The highest BCUT2D eigenvalue weighted by Crippen LogP contribution is 2.04. The lowest BCUT2D eigenvalue weighted by atomic mass is 10.1. The van der Waals surface area contributed by atoms with Gasteiger partial charge in [0.25, 0.3) is 0 Å². The zero-order valence-corrected chi connectivity index (χ0v) is 9.05. The van der Waals surface area contributed by atoms with E-state index in [4.69, 9.17) is 4.74 Å². The van der Waals surface area contributed by atoms with E-state index in [9.17, 15) is 0 Å². The number of ether oxygens (including phenoxy) is 1. The molecule has 2 unspecified atom stereocenters. The van der Waals surface area contributed by atoms with Crippen LogP contribution in [0.1, 0.15) is 13.8 Å². The monoisotopic (exact) mass is 186 g/mol. The van der Waals surface area contributed by atoms with Crippen molar-refractivity contribution in [1.29, 1.82) is 0 Å². The molecule has 0 amide bonds. The van der Waals surface area contributed by atoms with E-state index in [1.54, 1.807) is 7.11 Å². The maximum atomic E-state index is 5.13. The SMILES string of the molecule is COCC(C)CN1CCNC(C)C1. The van der Waals surface area contributed by atoms with Gasteiger partial charge in [-0.05, 0) is 12.8 Å². The maximum Gasteiger partial charge on any atom is 0.0500 e. The highest BCUT2D eigenvalue weighted by atomic mass is 16.5. The van der Waals surface area contributed by atoms with Crippen LogP contribution in [0.3, 0.4) is 0 Å². The van der Waals surface area contributed by atoms with Gasteiger partial charge in [-0.25, -0.2) is 0 Å². The van der Waals surface area contributed by atoms with Gasteiger partial charge in [0.05, 0.1) is 0 Å². The lowest BCUT2D eigenvalue weighted by Gasteiger charge is -2.33. The standard InChI is InChI=1S/C10H22N2O/c1-9(8-13-3)6-12-5-4-11-10(2)7-12/h9-11H,4-8H2,1-3H3. The Morgan fingerprint density at radius 1 is 1.62 bits per heavy atom. The second-order valence-corrected chi connectivity index (χ2v) is 4.18. The van der Waals surface area contributed by atoms with Gasteiger partial charge in [0.15, 0.2) is 0 Å². The molecule has 1 aliphatic rings. The zero-order chi connectivity index (χ0) is 9.68. The van der Waals surface area contributed by atoms with E-state index in [0.717, 1.165) is 13.2 Å². The van der Waals surface area contributed by atoms with Gasteiger partial charge in [-0.1, -0.05) is 6.92 Å². The van der Waals surface area contributed by atoms with E-state index in [0.29, 0.717) is 12.0 Å². The van der Waals surface area contributed by atoms with Gasteiger partial charge in [0.2, 0.25) is 0 Å². The van der Waals surface area contributed by atoms with Gasteiger partial charge in [-0.3, -0.25) is 0 Å². The van der Waals surface area contributed by atoms with E-state index < -0.39 is 0 Å². The Balaban J connectivity index is 2.19. The fraction of sp³-hybridized carbons (Fsp3) is 1.00. The molecule has 0 bridgehead atoms. The predicted molar refractivity (Wildman–Crippen MR) is 54.9 cm³/mol. The minimum Gasteiger partial charge on any atom is -0.384 e. The second kappa shape index (κ2) is 5.58. The summed E-state index contributed by atoms with van der Waals surface area (Å²) in [6, 6.07) is 0.642. The van der Waals surface area contributed by atoms with E-state index in [-0.39, 0.29) is 0 Å². The van der Waals surface area contributed by atoms with Crippen molar-refractivity contribution < 1.29 is 4.74 Å². The smallest absolute Gasteiger partial charge is 0.0500 e. The van der Waals surface area contributed by atoms with E-state index in [1.165, 1.54) is 19.6 Å². The van der Waals surface area contributed by atoms with E-state index in [1.807, 2.05) is 0 Å². The van der Waals surface area contributed by atoms with Crippen molar-refractivity contribution in [3.05, 3.63) is 0 Å². The summed E-state index contributed by atoms with van der Waals surface area (Å²) in [7, 11) is 1.77. The van der Waals surface area contributed by atoms with Gasteiger partial charge in [-0.2, -0.15) is 0 Å². The van der Waals surface area contributed by atoms with E-state index in [2.05, 4.69) is 24.1 Å². The van der Waals surface area contributed by atoms with Crippen molar-refractivity contribution in [3.63, 3.8) is 0 Å². The first kappa shape index (κ1) is 11.0. The summed E-state index contributed by atoms with van der Waals surface area (Å²) in [6.45, 7) is 10.0.